The first-order valence-electron chi connectivity index (χ1n) is 7.55. The van der Waals surface area contributed by atoms with E-state index < -0.39 is 6.04 Å². The Bertz CT molecular complexity index is 639. The van der Waals surface area contributed by atoms with Gasteiger partial charge in [0.15, 0.2) is 0 Å². The Morgan fingerprint density at radius 2 is 1.80 bits per heavy atom. The van der Waals surface area contributed by atoms with Gasteiger partial charge in [0.05, 0.1) is 0 Å². The smallest absolute Gasteiger partial charge is 0.245 e. The molecule has 0 spiro atoms. The van der Waals surface area contributed by atoms with Gasteiger partial charge in [0.1, 0.15) is 18.4 Å². The molecule has 0 heterocycles. The van der Waals surface area contributed by atoms with Gasteiger partial charge in [-0.15, -0.1) is 24.8 Å². The summed E-state index contributed by atoms with van der Waals surface area (Å²) in [5, 5.41) is 2.83. The average Bonchev–Trinajstić information content (AvgIpc) is 2.55. The van der Waals surface area contributed by atoms with E-state index >= 15 is 0 Å². The number of ether oxygens (including phenoxy) is 1. The Hall–Kier alpha value is -1.79. The van der Waals surface area contributed by atoms with Crippen molar-refractivity contribution in [2.24, 2.45) is 5.73 Å². The molecule has 0 aliphatic rings. The number of halogens is 2. The molecule has 0 saturated carbocycles. The van der Waals surface area contributed by atoms with Gasteiger partial charge in [-0.2, -0.15) is 0 Å². The summed E-state index contributed by atoms with van der Waals surface area (Å²) < 4.78 is 5.66. The van der Waals surface area contributed by atoms with Crippen molar-refractivity contribution in [1.82, 2.24) is 4.90 Å². The fourth-order valence-electron chi connectivity index (χ4n) is 2.04. The third kappa shape index (κ3) is 7.75. The molecule has 0 aliphatic heterocycles. The van der Waals surface area contributed by atoms with Crippen molar-refractivity contribution < 1.29 is 9.53 Å². The lowest BCUT2D eigenvalue weighted by Gasteiger charge is -2.14. The molecule has 0 radical (unpaired) electrons. The van der Waals surface area contributed by atoms with E-state index in [1.165, 1.54) is 0 Å². The van der Waals surface area contributed by atoms with Crippen LogP contribution in [0.25, 0.3) is 0 Å². The molecule has 5 nitrogen and oxygen atoms in total. The molecule has 0 fully saturated rings. The normalized spacial score (nSPS) is 11.0. The summed E-state index contributed by atoms with van der Waals surface area (Å²) in [7, 11) is 3.98. The van der Waals surface area contributed by atoms with Crippen LogP contribution in [0, 0.1) is 0 Å². The van der Waals surface area contributed by atoms with Crippen LogP contribution in [0.5, 0.6) is 5.75 Å². The van der Waals surface area contributed by atoms with Crippen molar-refractivity contribution in [2.75, 3.05) is 32.6 Å². The van der Waals surface area contributed by atoms with Crippen LogP contribution in [0.4, 0.5) is 5.69 Å². The topological polar surface area (TPSA) is 67.6 Å². The number of benzene rings is 2. The lowest BCUT2D eigenvalue weighted by atomic mass is 10.1. The first kappa shape index (κ1) is 23.2. The maximum atomic E-state index is 12.2. The lowest BCUT2D eigenvalue weighted by molar-refractivity contribution is -0.117. The van der Waals surface area contributed by atoms with Crippen molar-refractivity contribution in [2.45, 2.75) is 6.04 Å². The Kier molecular flexibility index (Phi) is 10.9. The predicted molar refractivity (Wildman–Crippen MR) is 107 cm³/mol. The molecule has 7 heteroatoms. The zero-order valence-electron chi connectivity index (χ0n) is 14.3. The van der Waals surface area contributed by atoms with Crippen LogP contribution in [0.3, 0.4) is 0 Å². The zero-order chi connectivity index (χ0) is 16.7. The minimum Gasteiger partial charge on any atom is -0.492 e. The molecular formula is C18H25Cl2N3O2. The minimum absolute atomic E-state index is 0. The summed E-state index contributed by atoms with van der Waals surface area (Å²) >= 11 is 0. The van der Waals surface area contributed by atoms with E-state index in [-0.39, 0.29) is 30.7 Å². The molecule has 1 amide bonds. The van der Waals surface area contributed by atoms with E-state index in [0.29, 0.717) is 12.3 Å². The molecule has 25 heavy (non-hydrogen) atoms. The summed E-state index contributed by atoms with van der Waals surface area (Å²) in [6, 6.07) is 15.9. The third-order valence-electron chi connectivity index (χ3n) is 3.35. The molecule has 0 aromatic heterocycles. The van der Waals surface area contributed by atoms with Crippen molar-refractivity contribution in [3.63, 3.8) is 0 Å². The van der Waals surface area contributed by atoms with E-state index in [0.717, 1.165) is 17.9 Å². The van der Waals surface area contributed by atoms with Gasteiger partial charge in [-0.25, -0.2) is 0 Å². The number of likely N-dealkylation sites (N-methyl/N-ethyl adjacent to an activating group) is 1. The van der Waals surface area contributed by atoms with Crippen LogP contribution in [0.15, 0.2) is 54.6 Å². The van der Waals surface area contributed by atoms with E-state index in [1.54, 1.807) is 6.07 Å². The van der Waals surface area contributed by atoms with Crippen molar-refractivity contribution >= 4 is 36.4 Å². The average molecular weight is 386 g/mol. The molecular weight excluding hydrogens is 361 g/mol. The second kappa shape index (κ2) is 11.7. The van der Waals surface area contributed by atoms with Gasteiger partial charge in [-0.3, -0.25) is 4.79 Å². The predicted octanol–water partition coefficient (Wildman–Crippen LogP) is 3.11. The van der Waals surface area contributed by atoms with Crippen molar-refractivity contribution in [3.8, 4) is 5.75 Å². The maximum absolute atomic E-state index is 12.2. The number of amides is 1. The Morgan fingerprint density at radius 1 is 1.12 bits per heavy atom. The van der Waals surface area contributed by atoms with Crippen LogP contribution in [0.1, 0.15) is 11.6 Å². The fourth-order valence-corrected chi connectivity index (χ4v) is 2.04. The molecule has 2 aromatic carbocycles. The second-order valence-corrected chi connectivity index (χ2v) is 5.56. The van der Waals surface area contributed by atoms with Crippen LogP contribution in [-0.4, -0.2) is 38.1 Å². The number of carbonyl (C=O) groups is 1. The first-order valence-corrected chi connectivity index (χ1v) is 7.55. The molecule has 0 aliphatic carbocycles. The maximum Gasteiger partial charge on any atom is 0.245 e. The SMILES string of the molecule is CN(C)CCOc1cccc(NC(=O)C(N)c2ccccc2)c1.Cl.Cl. The number of rotatable bonds is 7. The van der Waals surface area contributed by atoms with E-state index in [9.17, 15) is 4.79 Å². The standard InChI is InChI=1S/C18H23N3O2.2ClH/c1-21(2)11-12-23-16-10-6-9-15(13-16)20-18(22)17(19)14-7-4-3-5-8-14;;/h3-10,13,17H,11-12,19H2,1-2H3,(H,20,22);2*1H. The molecule has 1 atom stereocenters. The summed E-state index contributed by atoms with van der Waals surface area (Å²) in [6.07, 6.45) is 0. The first-order chi connectivity index (χ1) is 11.1. The summed E-state index contributed by atoms with van der Waals surface area (Å²) in [5.41, 5.74) is 7.44. The van der Waals surface area contributed by atoms with Gasteiger partial charge < -0.3 is 20.7 Å². The fraction of sp³-hybridized carbons (Fsp3) is 0.278. The second-order valence-electron chi connectivity index (χ2n) is 5.56. The monoisotopic (exact) mass is 385 g/mol. The van der Waals surface area contributed by atoms with E-state index in [4.69, 9.17) is 10.5 Å². The van der Waals surface area contributed by atoms with Gasteiger partial charge in [0.25, 0.3) is 0 Å². The molecule has 138 valence electrons. The number of anilines is 1. The van der Waals surface area contributed by atoms with Crippen LogP contribution >= 0.6 is 24.8 Å². The summed E-state index contributed by atoms with van der Waals surface area (Å²) in [5.74, 6) is 0.472. The highest BCUT2D eigenvalue weighted by Crippen LogP contribution is 2.19. The van der Waals surface area contributed by atoms with Crippen LogP contribution in [-0.2, 0) is 4.79 Å². The number of hydrogen-bond acceptors (Lipinski definition) is 4. The van der Waals surface area contributed by atoms with Crippen molar-refractivity contribution in [3.05, 3.63) is 60.2 Å². The highest BCUT2D eigenvalue weighted by atomic mass is 35.5. The Labute approximate surface area is 161 Å². The van der Waals surface area contributed by atoms with Gasteiger partial charge in [0.2, 0.25) is 5.91 Å². The Balaban J connectivity index is 0.00000288. The van der Waals surface area contributed by atoms with Gasteiger partial charge in [-0.05, 0) is 31.8 Å². The number of nitrogens with one attached hydrogen (secondary N) is 1. The number of carbonyl (C=O) groups excluding carboxylic acids is 1. The van der Waals surface area contributed by atoms with Gasteiger partial charge in [-0.1, -0.05) is 36.4 Å². The quantitative estimate of drug-likeness (QED) is 0.768. The van der Waals surface area contributed by atoms with Crippen LogP contribution in [0.2, 0.25) is 0 Å². The van der Waals surface area contributed by atoms with E-state index in [1.807, 2.05) is 67.5 Å². The van der Waals surface area contributed by atoms with Gasteiger partial charge >= 0.3 is 0 Å². The lowest BCUT2D eigenvalue weighted by Crippen LogP contribution is -2.27. The number of nitrogens with two attached hydrogens (primary N) is 1. The molecule has 2 rings (SSSR count). The molecule has 0 bridgehead atoms. The van der Waals surface area contributed by atoms with Crippen LogP contribution < -0.4 is 15.8 Å². The number of nitrogens with zero attached hydrogens (tertiary/aromatic N) is 1. The highest BCUT2D eigenvalue weighted by molar-refractivity contribution is 5.95. The largest absolute Gasteiger partial charge is 0.492 e. The van der Waals surface area contributed by atoms with Gasteiger partial charge in [0, 0.05) is 18.3 Å². The molecule has 1 unspecified atom stereocenters. The summed E-state index contributed by atoms with van der Waals surface area (Å²) in [4.78, 5) is 14.3. The highest BCUT2D eigenvalue weighted by Gasteiger charge is 2.15. The molecule has 2 aromatic rings. The Morgan fingerprint density at radius 3 is 2.44 bits per heavy atom. The van der Waals surface area contributed by atoms with E-state index in [2.05, 4.69) is 5.32 Å². The minimum atomic E-state index is -0.700. The van der Waals surface area contributed by atoms with Crippen molar-refractivity contribution in [1.29, 1.82) is 0 Å². The zero-order valence-corrected chi connectivity index (χ0v) is 16.0. The number of hydrogen-bond donors (Lipinski definition) is 2. The molecule has 0 saturated heterocycles. The third-order valence-corrected chi connectivity index (χ3v) is 3.35. The molecule has 3 N–H and O–H groups in total. The summed E-state index contributed by atoms with van der Waals surface area (Å²) in [6.45, 7) is 1.42.